The first kappa shape index (κ1) is 19.5. The van der Waals surface area contributed by atoms with Crippen LogP contribution in [0.3, 0.4) is 0 Å². The number of likely N-dealkylation sites (tertiary alicyclic amines) is 1. The second-order valence-electron chi connectivity index (χ2n) is 7.47. The van der Waals surface area contributed by atoms with E-state index < -0.39 is 0 Å². The minimum absolute atomic E-state index is 0.0314. The normalized spacial score (nSPS) is 17.8. The van der Waals surface area contributed by atoms with Crippen molar-refractivity contribution in [1.29, 1.82) is 0 Å². The van der Waals surface area contributed by atoms with E-state index in [0.717, 1.165) is 26.2 Å². The van der Waals surface area contributed by atoms with E-state index in [1.165, 1.54) is 24.0 Å². The molecule has 1 saturated heterocycles. The highest BCUT2D eigenvalue weighted by atomic mass is 16.2. The van der Waals surface area contributed by atoms with Gasteiger partial charge in [-0.05, 0) is 57.2 Å². The fourth-order valence-electron chi connectivity index (χ4n) is 3.90. The molecule has 1 aromatic carbocycles. The molecule has 6 heteroatoms. The average molecular weight is 370 g/mol. The maximum atomic E-state index is 12.4. The summed E-state index contributed by atoms with van der Waals surface area (Å²) in [6, 6.07) is 8.62. The highest BCUT2D eigenvalue weighted by Gasteiger charge is 2.22. The third-order valence-electron chi connectivity index (χ3n) is 5.51. The number of benzene rings is 1. The largest absolute Gasteiger partial charge is 0.338 e. The molecular weight excluding hydrogens is 338 g/mol. The molecule has 1 unspecified atom stereocenters. The van der Waals surface area contributed by atoms with Crippen molar-refractivity contribution in [2.45, 2.75) is 46.7 Å². The van der Waals surface area contributed by atoms with Crippen LogP contribution >= 0.6 is 0 Å². The van der Waals surface area contributed by atoms with Crippen molar-refractivity contribution in [3.05, 3.63) is 47.3 Å². The van der Waals surface area contributed by atoms with Crippen LogP contribution in [0.25, 0.3) is 0 Å². The molecule has 27 heavy (non-hydrogen) atoms. The van der Waals surface area contributed by atoms with Gasteiger partial charge in [-0.1, -0.05) is 29.5 Å². The predicted molar refractivity (Wildman–Crippen MR) is 106 cm³/mol. The quantitative estimate of drug-likeness (QED) is 0.753. The summed E-state index contributed by atoms with van der Waals surface area (Å²) >= 11 is 0. The van der Waals surface area contributed by atoms with Gasteiger partial charge in [0.1, 0.15) is 0 Å². The van der Waals surface area contributed by atoms with Crippen LogP contribution in [0.2, 0.25) is 0 Å². The monoisotopic (exact) mass is 369 g/mol. The molecule has 1 aromatic heterocycles. The summed E-state index contributed by atoms with van der Waals surface area (Å²) in [6.45, 7) is 11.6. The SMILES string of the molecule is CCN(CC)C(=O)c1cn(CC2CCCN(Cc3ccccc3C)C2)nn1. The topological polar surface area (TPSA) is 54.3 Å². The number of piperidine rings is 1. The number of nitrogens with zero attached hydrogens (tertiary/aromatic N) is 5. The van der Waals surface area contributed by atoms with Gasteiger partial charge in [0.15, 0.2) is 5.69 Å². The Morgan fingerprint density at radius 2 is 2.04 bits per heavy atom. The van der Waals surface area contributed by atoms with Crippen LogP contribution in [-0.2, 0) is 13.1 Å². The highest BCUT2D eigenvalue weighted by molar-refractivity contribution is 5.91. The Labute approximate surface area is 162 Å². The number of hydrogen-bond acceptors (Lipinski definition) is 4. The number of carbonyl (C=O) groups is 1. The highest BCUT2D eigenvalue weighted by Crippen LogP contribution is 2.21. The van der Waals surface area contributed by atoms with Gasteiger partial charge in [0.25, 0.3) is 5.91 Å². The van der Waals surface area contributed by atoms with Gasteiger partial charge in [0.2, 0.25) is 0 Å². The standard InChI is InChI=1S/C21H31N5O/c1-4-25(5-2)21(27)20-16-26(23-22-20)14-18-10-8-12-24(13-18)15-19-11-7-6-9-17(19)3/h6-7,9,11,16,18H,4-5,8,10,12-15H2,1-3H3. The smallest absolute Gasteiger partial charge is 0.276 e. The molecule has 3 rings (SSSR count). The Morgan fingerprint density at radius 1 is 1.26 bits per heavy atom. The van der Waals surface area contributed by atoms with Crippen LogP contribution in [0.5, 0.6) is 0 Å². The fourth-order valence-corrected chi connectivity index (χ4v) is 3.90. The van der Waals surface area contributed by atoms with E-state index in [1.54, 1.807) is 11.1 Å². The number of amides is 1. The van der Waals surface area contributed by atoms with Crippen LogP contribution in [-0.4, -0.2) is 56.9 Å². The van der Waals surface area contributed by atoms with E-state index >= 15 is 0 Å². The molecule has 146 valence electrons. The summed E-state index contributed by atoms with van der Waals surface area (Å²) in [5, 5.41) is 8.31. The molecule has 0 saturated carbocycles. The third-order valence-corrected chi connectivity index (χ3v) is 5.51. The minimum atomic E-state index is -0.0314. The molecule has 1 aliphatic rings. The van der Waals surface area contributed by atoms with Crippen LogP contribution in [0.15, 0.2) is 30.5 Å². The lowest BCUT2D eigenvalue weighted by atomic mass is 9.97. The lowest BCUT2D eigenvalue weighted by molar-refractivity contribution is 0.0767. The van der Waals surface area contributed by atoms with Gasteiger partial charge in [0, 0.05) is 32.7 Å². The van der Waals surface area contributed by atoms with Gasteiger partial charge in [-0.15, -0.1) is 5.10 Å². The number of aromatic nitrogens is 3. The van der Waals surface area contributed by atoms with Gasteiger partial charge >= 0.3 is 0 Å². The van der Waals surface area contributed by atoms with Crippen molar-refractivity contribution >= 4 is 5.91 Å². The zero-order chi connectivity index (χ0) is 19.2. The Morgan fingerprint density at radius 3 is 2.78 bits per heavy atom. The molecule has 0 bridgehead atoms. The molecular formula is C21H31N5O. The molecule has 1 atom stereocenters. The first-order valence-corrected chi connectivity index (χ1v) is 10.1. The Bertz CT molecular complexity index is 753. The van der Waals surface area contributed by atoms with Crippen molar-refractivity contribution in [1.82, 2.24) is 24.8 Å². The van der Waals surface area contributed by atoms with Crippen LogP contribution in [0.4, 0.5) is 0 Å². The first-order valence-electron chi connectivity index (χ1n) is 10.1. The third kappa shape index (κ3) is 4.95. The number of carbonyl (C=O) groups excluding carboxylic acids is 1. The number of aryl methyl sites for hydroxylation is 1. The number of hydrogen-bond donors (Lipinski definition) is 0. The van der Waals surface area contributed by atoms with Crippen molar-refractivity contribution in [2.75, 3.05) is 26.2 Å². The summed E-state index contributed by atoms with van der Waals surface area (Å²) in [6.07, 6.45) is 4.21. The van der Waals surface area contributed by atoms with Crippen molar-refractivity contribution in [3.63, 3.8) is 0 Å². The van der Waals surface area contributed by atoms with Crippen LogP contribution in [0, 0.1) is 12.8 Å². The summed E-state index contributed by atoms with van der Waals surface area (Å²) in [5.41, 5.74) is 3.22. The maximum Gasteiger partial charge on any atom is 0.276 e. The van der Waals surface area contributed by atoms with Crippen LogP contribution < -0.4 is 0 Å². The Kier molecular flexibility index (Phi) is 6.61. The predicted octanol–water partition coefficient (Wildman–Crippen LogP) is 2.98. The Balaban J connectivity index is 1.58. The molecule has 2 aromatic rings. The van der Waals surface area contributed by atoms with Crippen molar-refractivity contribution in [2.24, 2.45) is 5.92 Å². The van der Waals surface area contributed by atoms with E-state index in [9.17, 15) is 4.79 Å². The molecule has 2 heterocycles. The summed E-state index contributed by atoms with van der Waals surface area (Å²) in [7, 11) is 0. The molecule has 0 radical (unpaired) electrons. The fraction of sp³-hybridized carbons (Fsp3) is 0.571. The minimum Gasteiger partial charge on any atom is -0.338 e. The van der Waals surface area contributed by atoms with Gasteiger partial charge in [-0.3, -0.25) is 14.4 Å². The first-order chi connectivity index (χ1) is 13.1. The van der Waals surface area contributed by atoms with E-state index in [0.29, 0.717) is 24.7 Å². The molecule has 1 amide bonds. The van der Waals surface area contributed by atoms with Crippen molar-refractivity contribution in [3.8, 4) is 0 Å². The molecule has 0 aliphatic carbocycles. The Hall–Kier alpha value is -2.21. The molecule has 1 aliphatic heterocycles. The van der Waals surface area contributed by atoms with Crippen molar-refractivity contribution < 1.29 is 4.79 Å². The number of rotatable bonds is 7. The van der Waals surface area contributed by atoms with Gasteiger partial charge in [0.05, 0.1) is 6.20 Å². The maximum absolute atomic E-state index is 12.4. The van der Waals surface area contributed by atoms with E-state index in [4.69, 9.17) is 0 Å². The molecule has 1 fully saturated rings. The summed E-state index contributed by atoms with van der Waals surface area (Å²) < 4.78 is 1.85. The second-order valence-corrected chi connectivity index (χ2v) is 7.47. The van der Waals surface area contributed by atoms with E-state index in [-0.39, 0.29) is 5.91 Å². The average Bonchev–Trinajstić information content (AvgIpc) is 3.13. The zero-order valence-electron chi connectivity index (χ0n) is 16.8. The molecule has 6 nitrogen and oxygen atoms in total. The van der Waals surface area contributed by atoms with Gasteiger partial charge < -0.3 is 4.90 Å². The van der Waals surface area contributed by atoms with E-state index in [1.807, 2.05) is 18.5 Å². The van der Waals surface area contributed by atoms with Gasteiger partial charge in [-0.2, -0.15) is 0 Å². The molecule has 0 spiro atoms. The summed E-state index contributed by atoms with van der Waals surface area (Å²) in [4.78, 5) is 16.7. The van der Waals surface area contributed by atoms with E-state index in [2.05, 4.69) is 46.4 Å². The zero-order valence-corrected chi connectivity index (χ0v) is 16.8. The lowest BCUT2D eigenvalue weighted by Gasteiger charge is -2.33. The lowest BCUT2D eigenvalue weighted by Crippen LogP contribution is -2.36. The summed E-state index contributed by atoms with van der Waals surface area (Å²) in [5.74, 6) is 0.511. The molecule has 0 N–H and O–H groups in total. The van der Waals surface area contributed by atoms with Gasteiger partial charge in [-0.25, -0.2) is 0 Å². The second kappa shape index (κ2) is 9.13. The van der Waals surface area contributed by atoms with Crippen LogP contribution in [0.1, 0.15) is 48.3 Å².